The molecule has 0 fully saturated rings. The van der Waals surface area contributed by atoms with Crippen LogP contribution in [0.4, 0.5) is 0 Å². The van der Waals surface area contributed by atoms with Gasteiger partial charge in [0.2, 0.25) is 0 Å². The zero-order chi connectivity index (χ0) is 17.7. The highest BCUT2D eigenvalue weighted by Gasteiger charge is 2.09. The number of halogens is 1. The van der Waals surface area contributed by atoms with Crippen molar-refractivity contribution < 1.29 is 8.85 Å². The number of rotatable bonds is 6. The third-order valence-electron chi connectivity index (χ3n) is 3.79. The van der Waals surface area contributed by atoms with Gasteiger partial charge >= 0.3 is 0 Å². The zero-order valence-electron chi connectivity index (χ0n) is 15.7. The number of nitrogens with one attached hydrogen (secondary N) is 1. The minimum absolute atomic E-state index is 0. The first-order valence-electron chi connectivity index (χ1n) is 8.96. The van der Waals surface area contributed by atoms with Crippen LogP contribution in [0, 0.1) is 0 Å². The van der Waals surface area contributed by atoms with E-state index in [2.05, 4.69) is 5.32 Å². The number of hydrogen-bond donors (Lipinski definition) is 1. The fourth-order valence-electron chi connectivity index (χ4n) is 2.62. The van der Waals surface area contributed by atoms with Crippen molar-refractivity contribution in [3.8, 4) is 5.75 Å². The molecule has 3 rings (SSSR count). The Labute approximate surface area is 148 Å². The molecule has 3 aromatic carbocycles. The van der Waals surface area contributed by atoms with Crippen LogP contribution in [0.1, 0.15) is 22.1 Å². The average Bonchev–Trinajstić information content (AvgIpc) is 2.61. The first-order valence-corrected chi connectivity index (χ1v) is 7.46. The van der Waals surface area contributed by atoms with Gasteiger partial charge in [-0.3, -0.25) is 0 Å². The summed E-state index contributed by atoms with van der Waals surface area (Å²) in [6, 6.07) is 23.3. The van der Waals surface area contributed by atoms with Gasteiger partial charge in [0.05, 0.1) is 6.61 Å². The molecule has 0 saturated heterocycles. The second-order valence-electron chi connectivity index (χ2n) is 5.22. The van der Waals surface area contributed by atoms with E-state index < -0.39 is 6.98 Å². The Morgan fingerprint density at radius 1 is 0.957 bits per heavy atom. The Morgan fingerprint density at radius 3 is 2.52 bits per heavy atom. The normalized spacial score (nSPS) is 14.2. The number of hydrogen-bond acceptors (Lipinski definition) is 2. The van der Waals surface area contributed by atoms with Crippen molar-refractivity contribution in [2.24, 2.45) is 0 Å². The van der Waals surface area contributed by atoms with Crippen LogP contribution in [-0.2, 0) is 0 Å². The van der Waals surface area contributed by atoms with Crippen LogP contribution in [0.25, 0.3) is 10.8 Å². The first-order chi connectivity index (χ1) is 12.0. The minimum atomic E-state index is -2.19. The topological polar surface area (TPSA) is 21.3 Å². The molecule has 0 saturated carbocycles. The molecule has 3 heteroatoms. The summed E-state index contributed by atoms with van der Waals surface area (Å²) in [4.78, 5) is 0. The Hall–Kier alpha value is -2.03. The van der Waals surface area contributed by atoms with Crippen molar-refractivity contribution in [1.29, 1.82) is 0 Å². The van der Waals surface area contributed by atoms with E-state index in [-0.39, 0.29) is 18.4 Å². The molecule has 0 amide bonds. The molecule has 0 aliphatic heterocycles. The van der Waals surface area contributed by atoms with Crippen molar-refractivity contribution in [3.05, 3.63) is 78.4 Å². The zero-order valence-corrected chi connectivity index (χ0v) is 13.6. The van der Waals surface area contributed by atoms with Gasteiger partial charge in [0.1, 0.15) is 5.75 Å². The van der Waals surface area contributed by atoms with Gasteiger partial charge in [-0.25, -0.2) is 0 Å². The predicted molar refractivity (Wildman–Crippen MR) is 99.6 cm³/mol. The summed E-state index contributed by atoms with van der Waals surface area (Å²) in [5.41, 5.74) is 0.945. The van der Waals surface area contributed by atoms with Gasteiger partial charge in [0.15, 0.2) is 0 Å². The van der Waals surface area contributed by atoms with Crippen molar-refractivity contribution in [3.63, 3.8) is 0 Å². The van der Waals surface area contributed by atoms with E-state index in [1.165, 1.54) is 0 Å². The lowest BCUT2D eigenvalue weighted by molar-refractivity contribution is 0.293. The van der Waals surface area contributed by atoms with E-state index in [0.29, 0.717) is 13.0 Å². The maximum absolute atomic E-state index is 7.50. The number of ether oxygens (including phenoxy) is 1. The molecule has 2 nitrogen and oxygen atoms in total. The van der Waals surface area contributed by atoms with Crippen LogP contribution >= 0.6 is 12.4 Å². The van der Waals surface area contributed by atoms with Crippen LogP contribution in [0.2, 0.25) is 0 Å². The maximum atomic E-state index is 7.50. The molecule has 0 spiro atoms. The van der Waals surface area contributed by atoms with Gasteiger partial charge < -0.3 is 10.1 Å². The Morgan fingerprint density at radius 2 is 1.70 bits per heavy atom. The highest BCUT2D eigenvalue weighted by Crippen LogP contribution is 2.26. The summed E-state index contributed by atoms with van der Waals surface area (Å²) in [5.74, 6) is 0.818. The average molecular weight is 331 g/mol. The summed E-state index contributed by atoms with van der Waals surface area (Å²) in [6.07, 6.45) is 0.561. The van der Waals surface area contributed by atoms with Crippen LogP contribution < -0.4 is 10.1 Å². The molecule has 1 N–H and O–H groups in total. The van der Waals surface area contributed by atoms with Crippen LogP contribution in [0.3, 0.4) is 0 Å². The maximum Gasteiger partial charge on any atom is 0.127 e. The van der Waals surface area contributed by atoms with E-state index in [4.69, 9.17) is 8.85 Å². The third kappa shape index (κ3) is 4.25. The lowest BCUT2D eigenvalue weighted by Crippen LogP contribution is -2.19. The molecule has 0 bridgehead atoms. The molecule has 0 aromatic heterocycles. The first kappa shape index (κ1) is 13.4. The summed E-state index contributed by atoms with van der Waals surface area (Å²) >= 11 is 0. The second kappa shape index (κ2) is 8.56. The Kier molecular flexibility index (Phi) is 4.99. The molecule has 0 heterocycles. The van der Waals surface area contributed by atoms with Crippen molar-refractivity contribution in [2.45, 2.75) is 12.5 Å². The van der Waals surface area contributed by atoms with Crippen molar-refractivity contribution in [1.82, 2.24) is 5.32 Å². The van der Waals surface area contributed by atoms with E-state index in [9.17, 15) is 0 Å². The number of fused-ring (bicyclic) bond motifs is 1. The smallest absolute Gasteiger partial charge is 0.127 e. The molecule has 0 radical (unpaired) electrons. The van der Waals surface area contributed by atoms with Gasteiger partial charge in [-0.2, -0.15) is 0 Å². The van der Waals surface area contributed by atoms with Crippen LogP contribution in [-0.4, -0.2) is 13.6 Å². The monoisotopic (exact) mass is 330 g/mol. The molecule has 120 valence electrons. The molecule has 1 atom stereocenters. The molecular weight excluding hydrogens is 306 g/mol. The molecular formula is C20H22ClNO. The standard InChI is InChI=1S/C20H21NO.ClH/c1-21-19(17-9-3-2-4-10-17)14-15-22-20-13-7-11-16-8-5-6-12-18(16)20;/h2-13,19,21H,14-15H2,1H3;1H/t19-;/m0./s1/i1D3;. The van der Waals surface area contributed by atoms with E-state index in [1.807, 2.05) is 72.8 Å². The van der Waals surface area contributed by atoms with Crippen molar-refractivity contribution >= 4 is 23.2 Å². The fraction of sp³-hybridized carbons (Fsp3) is 0.200. The van der Waals surface area contributed by atoms with Gasteiger partial charge in [-0.15, -0.1) is 12.4 Å². The van der Waals surface area contributed by atoms with Gasteiger partial charge in [-0.1, -0.05) is 66.7 Å². The van der Waals surface area contributed by atoms with Crippen LogP contribution in [0.15, 0.2) is 72.8 Å². The van der Waals surface area contributed by atoms with E-state index in [0.717, 1.165) is 22.1 Å². The summed E-state index contributed by atoms with van der Waals surface area (Å²) in [5, 5.41) is 4.90. The Balaban J connectivity index is 0.00000243. The molecule has 0 aliphatic rings. The minimum Gasteiger partial charge on any atom is -0.493 e. The fourth-order valence-corrected chi connectivity index (χ4v) is 2.62. The third-order valence-corrected chi connectivity index (χ3v) is 3.79. The lowest BCUT2D eigenvalue weighted by Gasteiger charge is -2.17. The predicted octanol–water partition coefficient (Wildman–Crippen LogP) is 4.99. The Bertz CT molecular complexity index is 819. The quantitative estimate of drug-likeness (QED) is 0.687. The highest BCUT2D eigenvalue weighted by atomic mass is 35.5. The second-order valence-corrected chi connectivity index (χ2v) is 5.22. The molecule has 23 heavy (non-hydrogen) atoms. The van der Waals surface area contributed by atoms with E-state index in [1.54, 1.807) is 0 Å². The summed E-state index contributed by atoms with van der Waals surface area (Å²) < 4.78 is 28.5. The summed E-state index contributed by atoms with van der Waals surface area (Å²) in [7, 11) is 0. The SMILES string of the molecule is Cl.[2H]C([2H])([2H])N[C@@H](CCOc1cccc2ccccc12)c1ccccc1. The number of benzene rings is 3. The highest BCUT2D eigenvalue weighted by molar-refractivity contribution is 5.88. The van der Waals surface area contributed by atoms with E-state index >= 15 is 0 Å². The van der Waals surface area contributed by atoms with Gasteiger partial charge in [0.25, 0.3) is 0 Å². The van der Waals surface area contributed by atoms with Gasteiger partial charge in [0, 0.05) is 22.0 Å². The molecule has 0 aliphatic carbocycles. The van der Waals surface area contributed by atoms with Crippen molar-refractivity contribution in [2.75, 3.05) is 13.6 Å². The van der Waals surface area contributed by atoms with Gasteiger partial charge in [-0.05, 0) is 24.0 Å². The van der Waals surface area contributed by atoms with Crippen LogP contribution in [0.5, 0.6) is 5.75 Å². The lowest BCUT2D eigenvalue weighted by atomic mass is 10.0. The molecule has 0 unspecified atom stereocenters. The molecule has 3 aromatic rings. The largest absolute Gasteiger partial charge is 0.493 e. The summed E-state index contributed by atoms with van der Waals surface area (Å²) in [6.45, 7) is -1.77.